The highest BCUT2D eigenvalue weighted by molar-refractivity contribution is 5.94. The first-order chi connectivity index (χ1) is 9.20. The summed E-state index contributed by atoms with van der Waals surface area (Å²) >= 11 is 0. The lowest BCUT2D eigenvalue weighted by atomic mass is 9.78. The van der Waals surface area contributed by atoms with E-state index >= 15 is 0 Å². The molecule has 1 fully saturated rings. The van der Waals surface area contributed by atoms with E-state index in [2.05, 4.69) is 17.9 Å². The number of likely N-dealkylation sites (tertiary alicyclic amines) is 1. The molecular weight excluding hydrogens is 236 g/mol. The number of nitrogens with two attached hydrogens (primary N) is 1. The molecule has 0 saturated carbocycles. The van der Waals surface area contributed by atoms with Crippen molar-refractivity contribution in [1.29, 1.82) is 0 Å². The van der Waals surface area contributed by atoms with Gasteiger partial charge in [-0.25, -0.2) is 0 Å². The molecule has 1 amide bonds. The summed E-state index contributed by atoms with van der Waals surface area (Å²) < 4.78 is 0. The third-order valence-electron chi connectivity index (χ3n) is 4.74. The van der Waals surface area contributed by atoms with E-state index in [9.17, 15) is 4.79 Å². The Kier molecular flexibility index (Phi) is 3.31. The Balaban J connectivity index is 1.91. The Hall–Kier alpha value is -1.35. The average Bonchev–Trinajstić information content (AvgIpc) is 2.78. The number of benzene rings is 1. The van der Waals surface area contributed by atoms with Gasteiger partial charge in [0, 0.05) is 11.6 Å². The maximum Gasteiger partial charge on any atom is 0.248 e. The van der Waals surface area contributed by atoms with Gasteiger partial charge in [0.25, 0.3) is 0 Å². The molecule has 1 saturated heterocycles. The van der Waals surface area contributed by atoms with Crippen LogP contribution in [0.1, 0.15) is 41.3 Å². The van der Waals surface area contributed by atoms with E-state index in [-0.39, 0.29) is 5.91 Å². The van der Waals surface area contributed by atoms with Crippen LogP contribution in [0.15, 0.2) is 18.2 Å². The summed E-state index contributed by atoms with van der Waals surface area (Å²) in [5.41, 5.74) is 8.79. The van der Waals surface area contributed by atoms with Crippen LogP contribution in [0, 0.1) is 5.92 Å². The van der Waals surface area contributed by atoms with Crippen molar-refractivity contribution in [2.45, 2.75) is 38.6 Å². The zero-order valence-corrected chi connectivity index (χ0v) is 11.6. The normalized spacial score (nSPS) is 25.9. The van der Waals surface area contributed by atoms with Crippen LogP contribution in [0.2, 0.25) is 0 Å². The first-order valence-corrected chi connectivity index (χ1v) is 7.35. The van der Waals surface area contributed by atoms with E-state index in [1.54, 1.807) is 0 Å². The molecule has 0 radical (unpaired) electrons. The number of fused-ring (bicyclic) bond motifs is 2. The largest absolute Gasteiger partial charge is 0.366 e. The van der Waals surface area contributed by atoms with Crippen molar-refractivity contribution in [3.8, 4) is 0 Å². The van der Waals surface area contributed by atoms with Crippen molar-refractivity contribution in [2.24, 2.45) is 11.7 Å². The van der Waals surface area contributed by atoms with Gasteiger partial charge >= 0.3 is 0 Å². The fraction of sp³-hybridized carbons (Fsp3) is 0.562. The van der Waals surface area contributed by atoms with Crippen molar-refractivity contribution >= 4 is 5.91 Å². The molecule has 0 spiro atoms. The number of carbonyl (C=O) groups excluding carboxylic acids is 1. The molecule has 1 heterocycles. The molecule has 2 aliphatic rings. The lowest BCUT2D eigenvalue weighted by Crippen LogP contribution is -2.39. The summed E-state index contributed by atoms with van der Waals surface area (Å²) in [6, 6.07) is 6.69. The molecule has 0 aromatic heterocycles. The second-order valence-corrected chi connectivity index (χ2v) is 5.87. The summed E-state index contributed by atoms with van der Waals surface area (Å²) in [5.74, 6) is 0.429. The van der Waals surface area contributed by atoms with Crippen LogP contribution in [0.3, 0.4) is 0 Å². The quantitative estimate of drug-likeness (QED) is 0.901. The highest BCUT2D eigenvalue weighted by Crippen LogP contribution is 2.37. The second-order valence-electron chi connectivity index (χ2n) is 5.87. The van der Waals surface area contributed by atoms with E-state index < -0.39 is 0 Å². The summed E-state index contributed by atoms with van der Waals surface area (Å²) in [6.45, 7) is 4.66. The SMILES string of the molecule is CCCN1CCC2Cc3c(cccc3C(N)=O)CC21. The van der Waals surface area contributed by atoms with E-state index in [0.29, 0.717) is 12.0 Å². The highest BCUT2D eigenvalue weighted by Gasteiger charge is 2.38. The van der Waals surface area contributed by atoms with Crippen LogP contribution in [0.25, 0.3) is 0 Å². The highest BCUT2D eigenvalue weighted by atomic mass is 16.1. The minimum Gasteiger partial charge on any atom is -0.366 e. The molecule has 102 valence electrons. The van der Waals surface area contributed by atoms with Gasteiger partial charge in [0.05, 0.1) is 0 Å². The van der Waals surface area contributed by atoms with Crippen molar-refractivity contribution in [2.75, 3.05) is 13.1 Å². The number of nitrogens with zero attached hydrogens (tertiary/aromatic N) is 1. The molecule has 3 heteroatoms. The molecule has 3 nitrogen and oxygen atoms in total. The smallest absolute Gasteiger partial charge is 0.248 e. The average molecular weight is 258 g/mol. The van der Waals surface area contributed by atoms with E-state index in [4.69, 9.17) is 5.73 Å². The van der Waals surface area contributed by atoms with Crippen LogP contribution in [0.4, 0.5) is 0 Å². The predicted molar refractivity (Wildman–Crippen MR) is 76.1 cm³/mol. The van der Waals surface area contributed by atoms with Crippen LogP contribution >= 0.6 is 0 Å². The molecule has 1 aromatic rings. The molecule has 2 N–H and O–H groups in total. The fourth-order valence-corrected chi connectivity index (χ4v) is 3.87. The minimum atomic E-state index is -0.279. The fourth-order valence-electron chi connectivity index (χ4n) is 3.87. The molecule has 1 aliphatic heterocycles. The van der Waals surface area contributed by atoms with Gasteiger partial charge in [0.2, 0.25) is 5.91 Å². The second kappa shape index (κ2) is 4.97. The zero-order valence-electron chi connectivity index (χ0n) is 11.6. The Bertz CT molecular complexity index is 498. The maximum absolute atomic E-state index is 11.5. The van der Waals surface area contributed by atoms with Gasteiger partial charge in [0.1, 0.15) is 0 Å². The number of carbonyl (C=O) groups is 1. The van der Waals surface area contributed by atoms with Gasteiger partial charge in [-0.1, -0.05) is 19.1 Å². The monoisotopic (exact) mass is 258 g/mol. The summed E-state index contributed by atoms with van der Waals surface area (Å²) in [4.78, 5) is 14.2. The lowest BCUT2D eigenvalue weighted by molar-refractivity contribution is 0.0998. The van der Waals surface area contributed by atoms with Gasteiger partial charge in [-0.3, -0.25) is 9.69 Å². The van der Waals surface area contributed by atoms with Gasteiger partial charge in [-0.15, -0.1) is 0 Å². The van der Waals surface area contributed by atoms with E-state index in [1.807, 2.05) is 12.1 Å². The van der Waals surface area contributed by atoms with Crippen molar-refractivity contribution in [1.82, 2.24) is 4.90 Å². The van der Waals surface area contributed by atoms with Crippen molar-refractivity contribution < 1.29 is 4.79 Å². The van der Waals surface area contributed by atoms with Gasteiger partial charge in [-0.2, -0.15) is 0 Å². The van der Waals surface area contributed by atoms with Crippen molar-refractivity contribution in [3.05, 3.63) is 34.9 Å². The van der Waals surface area contributed by atoms with Gasteiger partial charge in [-0.05, 0) is 61.9 Å². The summed E-state index contributed by atoms with van der Waals surface area (Å²) in [5, 5.41) is 0. The van der Waals surface area contributed by atoms with Gasteiger partial charge in [0.15, 0.2) is 0 Å². The number of hydrogen-bond acceptors (Lipinski definition) is 2. The van der Waals surface area contributed by atoms with E-state index in [1.165, 1.54) is 37.1 Å². The number of hydrogen-bond donors (Lipinski definition) is 1. The number of amides is 1. The number of primary amides is 1. The molecule has 3 rings (SSSR count). The molecule has 1 aliphatic carbocycles. The lowest BCUT2D eigenvalue weighted by Gasteiger charge is -2.33. The standard InChI is InChI=1S/C16H22N2O/c1-2-7-18-8-6-12-9-14-11(10-15(12)18)4-3-5-13(14)16(17)19/h3-5,12,15H,2,6-10H2,1H3,(H2,17,19). The first kappa shape index (κ1) is 12.7. The summed E-state index contributed by atoms with van der Waals surface area (Å²) in [6.07, 6.45) is 4.59. The molecular formula is C16H22N2O. The zero-order chi connectivity index (χ0) is 13.4. The number of rotatable bonds is 3. The molecule has 2 atom stereocenters. The van der Waals surface area contributed by atoms with Crippen LogP contribution in [0.5, 0.6) is 0 Å². The first-order valence-electron chi connectivity index (χ1n) is 7.35. The minimum absolute atomic E-state index is 0.279. The Labute approximate surface area is 114 Å². The van der Waals surface area contributed by atoms with Crippen LogP contribution < -0.4 is 5.73 Å². The Morgan fingerprint density at radius 3 is 3.00 bits per heavy atom. The topological polar surface area (TPSA) is 46.3 Å². The maximum atomic E-state index is 11.5. The Morgan fingerprint density at radius 1 is 1.42 bits per heavy atom. The third kappa shape index (κ3) is 2.16. The molecule has 0 bridgehead atoms. The third-order valence-corrected chi connectivity index (χ3v) is 4.74. The Morgan fingerprint density at radius 2 is 2.26 bits per heavy atom. The van der Waals surface area contributed by atoms with Crippen LogP contribution in [-0.2, 0) is 12.8 Å². The predicted octanol–water partition coefficient (Wildman–Crippen LogP) is 1.98. The van der Waals surface area contributed by atoms with Crippen molar-refractivity contribution in [3.63, 3.8) is 0 Å². The molecule has 1 aromatic carbocycles. The summed E-state index contributed by atoms with van der Waals surface area (Å²) in [7, 11) is 0. The molecule has 19 heavy (non-hydrogen) atoms. The molecule has 2 unspecified atom stereocenters. The van der Waals surface area contributed by atoms with Gasteiger partial charge < -0.3 is 5.73 Å². The van der Waals surface area contributed by atoms with Crippen LogP contribution in [-0.4, -0.2) is 29.9 Å². The van der Waals surface area contributed by atoms with E-state index in [0.717, 1.165) is 18.4 Å².